The molecule has 0 N–H and O–H groups in total. The molecule has 2 aliphatic heterocycles. The highest BCUT2D eigenvalue weighted by molar-refractivity contribution is 5.78. The van der Waals surface area contributed by atoms with E-state index in [-0.39, 0.29) is 11.9 Å². The Labute approximate surface area is 153 Å². The van der Waals surface area contributed by atoms with Crippen molar-refractivity contribution in [1.82, 2.24) is 4.90 Å². The zero-order chi connectivity index (χ0) is 18.7. The smallest absolute Gasteiger partial charge is 0.311 e. The molecule has 0 bridgehead atoms. The molecule has 2 heterocycles. The van der Waals surface area contributed by atoms with Crippen LogP contribution in [0.3, 0.4) is 0 Å². The maximum Gasteiger partial charge on any atom is 0.311 e. The molecular weight excluding hydrogens is 316 g/mol. The summed E-state index contributed by atoms with van der Waals surface area (Å²) in [4.78, 5) is 26.2. The van der Waals surface area contributed by atoms with Gasteiger partial charge in [-0.1, -0.05) is 13.8 Å². The average Bonchev–Trinajstić information content (AvgIpc) is 3.09. The predicted molar refractivity (Wildman–Crippen MR) is 98.9 cm³/mol. The number of hydrogen-bond acceptors (Lipinski definition) is 3. The molecule has 3 unspecified atom stereocenters. The molecule has 0 spiro atoms. The van der Waals surface area contributed by atoms with Crippen molar-refractivity contribution in [3.05, 3.63) is 0 Å². The SMILES string of the molecule is CCC1C[N+](C)(C)CC1CC(C)(CC)C(=O)OCCN1CCCC1=O. The normalized spacial score (nSPS) is 28.2. The summed E-state index contributed by atoms with van der Waals surface area (Å²) in [5.41, 5.74) is -0.419. The van der Waals surface area contributed by atoms with E-state index < -0.39 is 5.41 Å². The second kappa shape index (κ2) is 8.07. The van der Waals surface area contributed by atoms with Gasteiger partial charge in [-0.2, -0.15) is 0 Å². The van der Waals surface area contributed by atoms with Gasteiger partial charge in [-0.3, -0.25) is 9.59 Å². The van der Waals surface area contributed by atoms with Crippen molar-refractivity contribution in [2.45, 2.75) is 52.9 Å². The Morgan fingerprint density at radius 2 is 1.96 bits per heavy atom. The van der Waals surface area contributed by atoms with Crippen LogP contribution in [0, 0.1) is 17.3 Å². The fourth-order valence-corrected chi connectivity index (χ4v) is 4.65. The summed E-state index contributed by atoms with van der Waals surface area (Å²) in [6.45, 7) is 10.4. The zero-order valence-electron chi connectivity index (χ0n) is 16.8. The molecule has 0 radical (unpaired) electrons. The Bertz CT molecular complexity index is 491. The van der Waals surface area contributed by atoms with Crippen LogP contribution in [0.1, 0.15) is 52.9 Å². The van der Waals surface area contributed by atoms with Gasteiger partial charge in [-0.05, 0) is 32.6 Å². The summed E-state index contributed by atoms with van der Waals surface area (Å²) in [6, 6.07) is 0. The number of nitrogens with zero attached hydrogens (tertiary/aromatic N) is 2. The number of likely N-dealkylation sites (tertiary alicyclic amines) is 2. The number of esters is 1. The molecule has 0 aromatic heterocycles. The number of amides is 1. The minimum Gasteiger partial charge on any atom is -0.463 e. The van der Waals surface area contributed by atoms with Crippen LogP contribution in [0.4, 0.5) is 0 Å². The molecule has 25 heavy (non-hydrogen) atoms. The summed E-state index contributed by atoms with van der Waals surface area (Å²) in [5, 5.41) is 0. The number of ether oxygens (including phenoxy) is 1. The molecule has 2 saturated heterocycles. The Balaban J connectivity index is 1.89. The lowest BCUT2D eigenvalue weighted by Crippen LogP contribution is -2.38. The van der Waals surface area contributed by atoms with E-state index >= 15 is 0 Å². The summed E-state index contributed by atoms with van der Waals surface area (Å²) >= 11 is 0. The number of rotatable bonds is 8. The van der Waals surface area contributed by atoms with Crippen LogP contribution in [0.5, 0.6) is 0 Å². The Morgan fingerprint density at radius 3 is 2.52 bits per heavy atom. The molecule has 0 aliphatic carbocycles. The van der Waals surface area contributed by atoms with Crippen LogP contribution in [-0.2, 0) is 14.3 Å². The fraction of sp³-hybridized carbons (Fsp3) is 0.900. The summed E-state index contributed by atoms with van der Waals surface area (Å²) < 4.78 is 6.65. The first-order chi connectivity index (χ1) is 11.7. The van der Waals surface area contributed by atoms with Gasteiger partial charge in [0.15, 0.2) is 0 Å². The monoisotopic (exact) mass is 353 g/mol. The van der Waals surface area contributed by atoms with Crippen molar-refractivity contribution in [2.75, 3.05) is 46.9 Å². The van der Waals surface area contributed by atoms with Gasteiger partial charge in [0.2, 0.25) is 5.91 Å². The maximum atomic E-state index is 12.8. The molecule has 2 aliphatic rings. The van der Waals surface area contributed by atoms with Crippen molar-refractivity contribution >= 4 is 11.9 Å². The molecule has 2 rings (SSSR count). The summed E-state index contributed by atoms with van der Waals surface area (Å²) in [7, 11) is 4.58. The standard InChI is InChI=1S/C20H37N2O3/c1-6-16-14-22(4,5)15-17(16)13-20(3,7-2)19(24)25-12-11-21-10-8-9-18(21)23/h16-17H,6-15H2,1-5H3/q+1. The van der Waals surface area contributed by atoms with Gasteiger partial charge in [0.25, 0.3) is 0 Å². The third-order valence-electron chi connectivity index (χ3n) is 6.40. The Hall–Kier alpha value is -1.10. The van der Waals surface area contributed by atoms with E-state index in [2.05, 4.69) is 34.9 Å². The summed E-state index contributed by atoms with van der Waals surface area (Å²) in [6.07, 6.45) is 4.45. The van der Waals surface area contributed by atoms with Crippen molar-refractivity contribution in [1.29, 1.82) is 0 Å². The largest absolute Gasteiger partial charge is 0.463 e. The van der Waals surface area contributed by atoms with Gasteiger partial charge in [0.1, 0.15) is 6.61 Å². The molecule has 144 valence electrons. The highest BCUT2D eigenvalue weighted by Crippen LogP contribution is 2.40. The van der Waals surface area contributed by atoms with Crippen molar-refractivity contribution in [2.24, 2.45) is 17.3 Å². The van der Waals surface area contributed by atoms with Crippen LogP contribution in [0.2, 0.25) is 0 Å². The molecular formula is C20H37N2O3+. The van der Waals surface area contributed by atoms with E-state index in [9.17, 15) is 9.59 Å². The minimum absolute atomic E-state index is 0.0892. The van der Waals surface area contributed by atoms with Crippen LogP contribution >= 0.6 is 0 Å². The maximum absolute atomic E-state index is 12.8. The number of quaternary nitrogens is 1. The zero-order valence-corrected chi connectivity index (χ0v) is 16.8. The number of carbonyl (C=O) groups is 2. The van der Waals surface area contributed by atoms with Gasteiger partial charge >= 0.3 is 5.97 Å². The van der Waals surface area contributed by atoms with Crippen LogP contribution in [-0.4, -0.2) is 68.1 Å². The van der Waals surface area contributed by atoms with Crippen molar-refractivity contribution in [3.8, 4) is 0 Å². The minimum atomic E-state index is -0.419. The van der Waals surface area contributed by atoms with Gasteiger partial charge in [-0.15, -0.1) is 0 Å². The highest BCUT2D eigenvalue weighted by atomic mass is 16.5. The van der Waals surface area contributed by atoms with Gasteiger partial charge in [-0.25, -0.2) is 0 Å². The van der Waals surface area contributed by atoms with Crippen LogP contribution in [0.25, 0.3) is 0 Å². The first kappa shape index (κ1) is 20.2. The molecule has 3 atom stereocenters. The molecule has 0 aromatic carbocycles. The topological polar surface area (TPSA) is 46.6 Å². The lowest BCUT2D eigenvalue weighted by Gasteiger charge is -2.30. The predicted octanol–water partition coefficient (Wildman–Crippen LogP) is 2.69. The lowest BCUT2D eigenvalue weighted by molar-refractivity contribution is -0.880. The molecule has 1 amide bonds. The molecule has 0 saturated carbocycles. The average molecular weight is 354 g/mol. The third-order valence-corrected chi connectivity index (χ3v) is 6.40. The second-order valence-electron chi connectivity index (χ2n) is 8.97. The van der Waals surface area contributed by atoms with Gasteiger partial charge < -0.3 is 14.1 Å². The van der Waals surface area contributed by atoms with Crippen molar-refractivity contribution in [3.63, 3.8) is 0 Å². The molecule has 2 fully saturated rings. The van der Waals surface area contributed by atoms with E-state index in [0.29, 0.717) is 31.4 Å². The van der Waals surface area contributed by atoms with Crippen LogP contribution < -0.4 is 0 Å². The van der Waals surface area contributed by atoms with Gasteiger partial charge in [0, 0.05) is 24.8 Å². The number of hydrogen-bond donors (Lipinski definition) is 0. The van der Waals surface area contributed by atoms with E-state index in [0.717, 1.165) is 36.8 Å². The summed E-state index contributed by atoms with van der Waals surface area (Å²) in [5.74, 6) is 1.37. The lowest BCUT2D eigenvalue weighted by atomic mass is 9.75. The molecule has 0 aromatic rings. The van der Waals surface area contributed by atoms with Crippen LogP contribution in [0.15, 0.2) is 0 Å². The van der Waals surface area contributed by atoms with E-state index in [1.54, 1.807) is 4.90 Å². The third kappa shape index (κ3) is 4.96. The first-order valence-electron chi connectivity index (χ1n) is 9.98. The second-order valence-corrected chi connectivity index (χ2v) is 8.97. The molecule has 5 nitrogen and oxygen atoms in total. The van der Waals surface area contributed by atoms with E-state index in [1.807, 2.05) is 0 Å². The number of carbonyl (C=O) groups excluding carboxylic acids is 2. The van der Waals surface area contributed by atoms with Gasteiger partial charge in [0.05, 0.1) is 39.1 Å². The van der Waals surface area contributed by atoms with E-state index in [1.165, 1.54) is 13.0 Å². The fourth-order valence-electron chi connectivity index (χ4n) is 4.65. The Morgan fingerprint density at radius 1 is 1.28 bits per heavy atom. The van der Waals surface area contributed by atoms with E-state index in [4.69, 9.17) is 4.74 Å². The Kier molecular flexibility index (Phi) is 6.52. The molecule has 5 heteroatoms. The first-order valence-corrected chi connectivity index (χ1v) is 9.98. The quantitative estimate of drug-likeness (QED) is 0.498. The highest BCUT2D eigenvalue weighted by Gasteiger charge is 2.45. The van der Waals surface area contributed by atoms with Crippen molar-refractivity contribution < 1.29 is 18.8 Å².